The maximum Gasteiger partial charge on any atom is 0.251 e. The van der Waals surface area contributed by atoms with E-state index >= 15 is 0 Å². The molecule has 0 saturated carbocycles. The highest BCUT2D eigenvalue weighted by atomic mass is 16.5. The Kier molecular flexibility index (Phi) is 7.63. The lowest BCUT2D eigenvalue weighted by atomic mass is 9.87. The van der Waals surface area contributed by atoms with Crippen LogP contribution < -0.4 is 5.32 Å². The number of ether oxygens (including phenoxy) is 1. The Labute approximate surface area is 172 Å². The van der Waals surface area contributed by atoms with Gasteiger partial charge in [-0.15, -0.1) is 0 Å². The molecule has 1 N–H and O–H groups in total. The topological polar surface area (TPSA) is 79.0 Å². The molecular formula is C22H31N3O4. The number of hydrogen-bond acceptors (Lipinski definition) is 4. The van der Waals surface area contributed by atoms with Crippen molar-refractivity contribution in [1.29, 1.82) is 0 Å². The fourth-order valence-corrected chi connectivity index (χ4v) is 4.20. The van der Waals surface area contributed by atoms with Gasteiger partial charge >= 0.3 is 0 Å². The molecule has 1 aromatic rings. The van der Waals surface area contributed by atoms with Crippen LogP contribution in [0.25, 0.3) is 0 Å². The number of nitrogens with zero attached hydrogens (tertiary/aromatic N) is 2. The van der Waals surface area contributed by atoms with Crippen LogP contribution in [0.1, 0.15) is 42.5 Å². The summed E-state index contributed by atoms with van der Waals surface area (Å²) in [6.07, 6.45) is 4.54. The molecule has 0 aliphatic carbocycles. The van der Waals surface area contributed by atoms with Crippen molar-refractivity contribution in [2.45, 2.75) is 38.1 Å². The summed E-state index contributed by atoms with van der Waals surface area (Å²) in [4.78, 5) is 41.8. The van der Waals surface area contributed by atoms with E-state index < -0.39 is 6.04 Å². The zero-order chi connectivity index (χ0) is 20.6. The molecule has 0 radical (unpaired) electrons. The fourth-order valence-electron chi connectivity index (χ4n) is 4.20. The molecule has 1 atom stereocenters. The number of amides is 3. The molecule has 2 heterocycles. The van der Waals surface area contributed by atoms with Gasteiger partial charge in [-0.3, -0.25) is 14.4 Å². The molecule has 2 aliphatic heterocycles. The van der Waals surface area contributed by atoms with Gasteiger partial charge in [-0.2, -0.15) is 0 Å². The third kappa shape index (κ3) is 5.56. The van der Waals surface area contributed by atoms with Gasteiger partial charge in [-0.25, -0.2) is 0 Å². The van der Waals surface area contributed by atoms with Crippen LogP contribution in [0.5, 0.6) is 0 Å². The molecule has 158 valence electrons. The normalized spacial score (nSPS) is 18.9. The second-order valence-electron chi connectivity index (χ2n) is 7.85. The lowest BCUT2D eigenvalue weighted by molar-refractivity contribution is -0.138. The monoisotopic (exact) mass is 401 g/mol. The van der Waals surface area contributed by atoms with E-state index in [1.807, 2.05) is 23.1 Å². The van der Waals surface area contributed by atoms with E-state index in [1.165, 1.54) is 7.11 Å². The van der Waals surface area contributed by atoms with Crippen molar-refractivity contribution in [1.82, 2.24) is 15.1 Å². The van der Waals surface area contributed by atoms with Crippen LogP contribution in [0.2, 0.25) is 0 Å². The summed E-state index contributed by atoms with van der Waals surface area (Å²) in [6, 6.07) is 8.44. The summed E-state index contributed by atoms with van der Waals surface area (Å²) >= 11 is 0. The Bertz CT molecular complexity index is 695. The molecule has 0 aromatic heterocycles. The first-order valence-electron chi connectivity index (χ1n) is 10.5. The van der Waals surface area contributed by atoms with E-state index in [-0.39, 0.29) is 30.2 Å². The van der Waals surface area contributed by atoms with Crippen LogP contribution in [0.15, 0.2) is 30.3 Å². The van der Waals surface area contributed by atoms with Gasteiger partial charge in [0.15, 0.2) is 0 Å². The van der Waals surface area contributed by atoms with E-state index in [4.69, 9.17) is 4.74 Å². The number of methoxy groups -OCH3 is 1. The van der Waals surface area contributed by atoms with E-state index in [9.17, 15) is 14.4 Å². The number of hydrogen-bond donors (Lipinski definition) is 1. The van der Waals surface area contributed by atoms with Gasteiger partial charge in [0, 0.05) is 38.9 Å². The molecule has 3 amide bonds. The first-order valence-corrected chi connectivity index (χ1v) is 10.5. The second-order valence-corrected chi connectivity index (χ2v) is 7.85. The average Bonchev–Trinajstić information content (AvgIpc) is 2.78. The molecule has 7 heteroatoms. The molecule has 1 aromatic carbocycles. The highest BCUT2D eigenvalue weighted by Gasteiger charge is 2.36. The largest absolute Gasteiger partial charge is 0.375 e. The average molecular weight is 402 g/mol. The van der Waals surface area contributed by atoms with Crippen molar-refractivity contribution in [3.8, 4) is 0 Å². The summed E-state index contributed by atoms with van der Waals surface area (Å²) in [5.74, 6) is -0.226. The predicted molar refractivity (Wildman–Crippen MR) is 109 cm³/mol. The summed E-state index contributed by atoms with van der Waals surface area (Å²) in [7, 11) is 1.51. The summed E-state index contributed by atoms with van der Waals surface area (Å²) in [5, 5.41) is 3.01. The third-order valence-corrected chi connectivity index (χ3v) is 5.89. The minimum atomic E-state index is -0.555. The zero-order valence-corrected chi connectivity index (χ0v) is 17.1. The van der Waals surface area contributed by atoms with Crippen LogP contribution >= 0.6 is 0 Å². The highest BCUT2D eigenvalue weighted by Crippen LogP contribution is 2.24. The minimum absolute atomic E-state index is 0.00986. The number of carbonyl (C=O) groups excluding carboxylic acids is 3. The van der Waals surface area contributed by atoms with Gasteiger partial charge in [0.1, 0.15) is 12.6 Å². The number of likely N-dealkylation sites (tertiary alicyclic amines) is 2. The minimum Gasteiger partial charge on any atom is -0.375 e. The van der Waals surface area contributed by atoms with Gasteiger partial charge in [-0.1, -0.05) is 18.2 Å². The first kappa shape index (κ1) is 21.3. The lowest BCUT2D eigenvalue weighted by Gasteiger charge is -2.38. The van der Waals surface area contributed by atoms with Crippen molar-refractivity contribution in [3.05, 3.63) is 35.9 Å². The smallest absolute Gasteiger partial charge is 0.251 e. The van der Waals surface area contributed by atoms with Crippen molar-refractivity contribution in [2.75, 3.05) is 39.9 Å². The van der Waals surface area contributed by atoms with Crippen LogP contribution in [0.4, 0.5) is 0 Å². The molecule has 2 aliphatic rings. The Hall–Kier alpha value is -2.41. The maximum atomic E-state index is 13.3. The predicted octanol–water partition coefficient (Wildman–Crippen LogP) is 1.68. The zero-order valence-electron chi connectivity index (χ0n) is 17.1. The van der Waals surface area contributed by atoms with Gasteiger partial charge in [-0.05, 0) is 50.2 Å². The van der Waals surface area contributed by atoms with E-state index in [1.54, 1.807) is 17.0 Å². The Morgan fingerprint density at radius 2 is 1.66 bits per heavy atom. The summed E-state index contributed by atoms with van der Waals surface area (Å²) in [5.41, 5.74) is 0.552. The van der Waals surface area contributed by atoms with Crippen LogP contribution in [-0.2, 0) is 14.3 Å². The lowest BCUT2D eigenvalue weighted by Crippen LogP contribution is -2.55. The quantitative estimate of drug-likeness (QED) is 0.787. The first-order chi connectivity index (χ1) is 14.1. The van der Waals surface area contributed by atoms with Gasteiger partial charge < -0.3 is 19.9 Å². The maximum absolute atomic E-state index is 13.3. The van der Waals surface area contributed by atoms with Crippen molar-refractivity contribution in [3.63, 3.8) is 0 Å². The van der Waals surface area contributed by atoms with Gasteiger partial charge in [0.05, 0.1) is 0 Å². The van der Waals surface area contributed by atoms with E-state index in [2.05, 4.69) is 5.32 Å². The second kappa shape index (κ2) is 10.4. The van der Waals surface area contributed by atoms with Gasteiger partial charge in [0.25, 0.3) is 5.91 Å². The van der Waals surface area contributed by atoms with Crippen LogP contribution in [0.3, 0.4) is 0 Å². The molecule has 29 heavy (non-hydrogen) atoms. The molecule has 1 unspecified atom stereocenters. The SMILES string of the molecule is COCC(=O)N1CCC(C(NC(=O)c2ccccc2)C(=O)N2CCCCC2)CC1. The van der Waals surface area contributed by atoms with Crippen LogP contribution in [-0.4, -0.2) is 73.5 Å². The van der Waals surface area contributed by atoms with Crippen LogP contribution in [0, 0.1) is 5.92 Å². The highest BCUT2D eigenvalue weighted by molar-refractivity contribution is 5.97. The fraction of sp³-hybridized carbons (Fsp3) is 0.591. The molecule has 7 nitrogen and oxygen atoms in total. The number of piperidine rings is 2. The van der Waals surface area contributed by atoms with E-state index in [0.717, 1.165) is 32.4 Å². The standard InChI is InChI=1S/C22H31N3O4/c1-29-16-19(26)24-14-10-17(11-15-24)20(22(28)25-12-6-3-7-13-25)23-21(27)18-8-4-2-5-9-18/h2,4-5,8-9,17,20H,3,6-7,10-16H2,1H3,(H,23,27). The van der Waals surface area contributed by atoms with Gasteiger partial charge in [0.2, 0.25) is 11.8 Å². The summed E-state index contributed by atoms with van der Waals surface area (Å²) in [6.45, 7) is 2.74. The number of rotatable bonds is 6. The molecule has 2 fully saturated rings. The summed E-state index contributed by atoms with van der Waals surface area (Å²) < 4.78 is 4.94. The van der Waals surface area contributed by atoms with E-state index in [0.29, 0.717) is 31.5 Å². The third-order valence-electron chi connectivity index (χ3n) is 5.89. The molecule has 0 bridgehead atoms. The van der Waals surface area contributed by atoms with Crippen molar-refractivity contribution >= 4 is 17.7 Å². The Morgan fingerprint density at radius 1 is 1.00 bits per heavy atom. The Morgan fingerprint density at radius 3 is 2.28 bits per heavy atom. The molecule has 2 saturated heterocycles. The molecule has 0 spiro atoms. The molecule has 3 rings (SSSR count). The number of carbonyl (C=O) groups is 3. The number of nitrogens with one attached hydrogen (secondary N) is 1. The Balaban J connectivity index is 1.70. The number of benzene rings is 1. The van der Waals surface area contributed by atoms with Crippen molar-refractivity contribution < 1.29 is 19.1 Å². The van der Waals surface area contributed by atoms with Crippen molar-refractivity contribution in [2.24, 2.45) is 5.92 Å². The molecular weight excluding hydrogens is 370 g/mol.